The Hall–Kier alpha value is -9.08. The van der Waals surface area contributed by atoms with E-state index in [4.69, 9.17) is 0 Å². The van der Waals surface area contributed by atoms with Crippen LogP contribution in [0.1, 0.15) is 22.3 Å². The van der Waals surface area contributed by atoms with Gasteiger partial charge in [-0.25, -0.2) is 0 Å². The van der Waals surface area contributed by atoms with Crippen molar-refractivity contribution in [2.75, 3.05) is 4.90 Å². The molecule has 0 aliphatic heterocycles. The van der Waals surface area contributed by atoms with Crippen molar-refractivity contribution in [3.63, 3.8) is 0 Å². The van der Waals surface area contributed by atoms with E-state index in [0.29, 0.717) is 0 Å². The van der Waals surface area contributed by atoms with Gasteiger partial charge in [-0.15, -0.1) is 11.3 Å². The number of hydrogen-bond acceptors (Lipinski definition) is 2. The van der Waals surface area contributed by atoms with Crippen LogP contribution in [0.5, 0.6) is 0 Å². The van der Waals surface area contributed by atoms with E-state index >= 15 is 0 Å². The molecule has 0 radical (unpaired) electrons. The third kappa shape index (κ3) is 7.21. The zero-order valence-electron chi connectivity index (χ0n) is 40.0. The first-order valence-electron chi connectivity index (χ1n) is 25.1. The van der Waals surface area contributed by atoms with E-state index in [1.807, 2.05) is 11.3 Å². The molecular weight excluding hydrogens is 899 g/mol. The molecule has 1 nitrogen and oxygen atoms in total. The summed E-state index contributed by atoms with van der Waals surface area (Å²) in [5.74, 6) is 0. The second-order valence-electron chi connectivity index (χ2n) is 19.2. The summed E-state index contributed by atoms with van der Waals surface area (Å²) in [6.45, 7) is 0. The van der Waals surface area contributed by atoms with Crippen LogP contribution in [0.4, 0.5) is 17.1 Å². The Labute approximate surface area is 430 Å². The van der Waals surface area contributed by atoms with Gasteiger partial charge in [-0.1, -0.05) is 224 Å². The topological polar surface area (TPSA) is 3.24 Å². The summed E-state index contributed by atoms with van der Waals surface area (Å²) in [4.78, 5) is 2.40. The lowest BCUT2D eigenvalue weighted by molar-refractivity contribution is 0.769. The molecule has 0 fully saturated rings. The van der Waals surface area contributed by atoms with Crippen LogP contribution in [0.25, 0.3) is 86.6 Å². The van der Waals surface area contributed by atoms with Crippen LogP contribution in [0.3, 0.4) is 0 Å². The number of hydrogen-bond donors (Lipinski definition) is 0. The Morgan fingerprint density at radius 1 is 0.260 bits per heavy atom. The summed E-state index contributed by atoms with van der Waals surface area (Å²) < 4.78 is 2.63. The van der Waals surface area contributed by atoms with Crippen molar-refractivity contribution in [3.8, 4) is 55.6 Å². The number of fused-ring (bicyclic) bond motifs is 7. The van der Waals surface area contributed by atoms with Crippen LogP contribution in [0.2, 0.25) is 0 Å². The number of rotatable bonds is 9. The van der Waals surface area contributed by atoms with Crippen molar-refractivity contribution in [2.45, 2.75) is 5.41 Å². The molecule has 73 heavy (non-hydrogen) atoms. The van der Waals surface area contributed by atoms with Gasteiger partial charge in [-0.05, 0) is 149 Å². The van der Waals surface area contributed by atoms with Crippen molar-refractivity contribution in [1.82, 2.24) is 0 Å². The Balaban J connectivity index is 0.868. The minimum Gasteiger partial charge on any atom is -0.310 e. The third-order valence-corrected chi connectivity index (χ3v) is 16.3. The average Bonchev–Trinajstić information content (AvgIpc) is 4.00. The molecule has 1 aliphatic carbocycles. The van der Waals surface area contributed by atoms with Gasteiger partial charge in [0.15, 0.2) is 0 Å². The molecule has 0 spiro atoms. The summed E-state index contributed by atoms with van der Waals surface area (Å²) in [5, 5.41) is 5.14. The molecule has 342 valence electrons. The van der Waals surface area contributed by atoms with Gasteiger partial charge in [0.05, 0.1) is 5.41 Å². The highest BCUT2D eigenvalue weighted by atomic mass is 32.1. The largest absolute Gasteiger partial charge is 0.310 e. The Kier molecular flexibility index (Phi) is 10.3. The van der Waals surface area contributed by atoms with Crippen molar-refractivity contribution < 1.29 is 0 Å². The summed E-state index contributed by atoms with van der Waals surface area (Å²) in [5.41, 5.74) is 20.1. The monoisotopic (exact) mass is 945 g/mol. The fourth-order valence-corrected chi connectivity index (χ4v) is 12.9. The van der Waals surface area contributed by atoms with Crippen molar-refractivity contribution in [2.24, 2.45) is 0 Å². The van der Waals surface area contributed by atoms with E-state index < -0.39 is 5.41 Å². The lowest BCUT2D eigenvalue weighted by Crippen LogP contribution is -2.28. The predicted molar refractivity (Wildman–Crippen MR) is 311 cm³/mol. The normalized spacial score (nSPS) is 12.5. The molecule has 0 N–H and O–H groups in total. The van der Waals surface area contributed by atoms with Crippen molar-refractivity contribution in [3.05, 3.63) is 307 Å². The van der Waals surface area contributed by atoms with Crippen molar-refractivity contribution >= 4 is 59.3 Å². The van der Waals surface area contributed by atoms with Gasteiger partial charge in [0, 0.05) is 37.2 Å². The van der Waals surface area contributed by atoms with E-state index in [-0.39, 0.29) is 0 Å². The highest BCUT2D eigenvalue weighted by Crippen LogP contribution is 2.57. The first kappa shape index (κ1) is 42.8. The molecule has 1 aromatic heterocycles. The summed E-state index contributed by atoms with van der Waals surface area (Å²) in [7, 11) is 0. The van der Waals surface area contributed by atoms with E-state index in [2.05, 4.69) is 290 Å². The maximum atomic E-state index is 2.45. The maximum Gasteiger partial charge on any atom is 0.0713 e. The Morgan fingerprint density at radius 2 is 0.767 bits per heavy atom. The Bertz CT molecular complexity index is 4140. The first-order chi connectivity index (χ1) is 36.2. The van der Waals surface area contributed by atoms with Crippen LogP contribution < -0.4 is 4.90 Å². The summed E-state index contributed by atoms with van der Waals surface area (Å²) >= 11 is 1.86. The highest BCUT2D eigenvalue weighted by Gasteiger charge is 2.46. The molecule has 0 unspecified atom stereocenters. The van der Waals surface area contributed by atoms with Gasteiger partial charge < -0.3 is 4.90 Å². The molecule has 0 amide bonds. The Morgan fingerprint density at radius 3 is 1.52 bits per heavy atom. The number of benzene rings is 12. The maximum absolute atomic E-state index is 2.45. The van der Waals surface area contributed by atoms with E-state index in [9.17, 15) is 0 Å². The zero-order valence-corrected chi connectivity index (χ0v) is 40.8. The van der Waals surface area contributed by atoms with Crippen LogP contribution in [0, 0.1) is 0 Å². The van der Waals surface area contributed by atoms with E-state index in [1.54, 1.807) is 0 Å². The van der Waals surface area contributed by atoms with Crippen LogP contribution in [0.15, 0.2) is 285 Å². The SMILES string of the molecule is c1ccc(C2(c3ccccc3)c3ccccc3-c3ccc(-c4ccc(N(c5ccc(-c6ccc7c(c6)sc6ccccc67)cc5)c5cccc(-c6cccc(-c7cccc8ccccc78)c6)c5)cc4)cc32)cc1. The number of nitrogens with zero attached hydrogens (tertiary/aromatic N) is 1. The highest BCUT2D eigenvalue weighted by molar-refractivity contribution is 7.25. The molecule has 2 heteroatoms. The molecule has 1 aliphatic rings. The van der Waals surface area contributed by atoms with Crippen LogP contribution >= 0.6 is 11.3 Å². The lowest BCUT2D eigenvalue weighted by Gasteiger charge is -2.34. The average molecular weight is 946 g/mol. The number of anilines is 3. The van der Waals surface area contributed by atoms with Gasteiger partial charge in [0.1, 0.15) is 0 Å². The predicted octanol–water partition coefficient (Wildman–Crippen LogP) is 19.7. The molecular formula is C71H47NS. The van der Waals surface area contributed by atoms with Gasteiger partial charge in [0.25, 0.3) is 0 Å². The first-order valence-corrected chi connectivity index (χ1v) is 26.0. The van der Waals surface area contributed by atoms with Gasteiger partial charge in [0.2, 0.25) is 0 Å². The zero-order chi connectivity index (χ0) is 48.3. The molecule has 0 saturated carbocycles. The van der Waals surface area contributed by atoms with Gasteiger partial charge >= 0.3 is 0 Å². The van der Waals surface area contributed by atoms with Crippen LogP contribution in [-0.4, -0.2) is 0 Å². The summed E-state index contributed by atoms with van der Waals surface area (Å²) in [6, 6.07) is 105. The minimum atomic E-state index is -0.462. The quantitative estimate of drug-likeness (QED) is 0.139. The molecule has 0 saturated heterocycles. The molecule has 0 atom stereocenters. The summed E-state index contributed by atoms with van der Waals surface area (Å²) in [6.07, 6.45) is 0. The van der Waals surface area contributed by atoms with E-state index in [1.165, 1.54) is 103 Å². The molecule has 1 heterocycles. The van der Waals surface area contributed by atoms with Crippen LogP contribution in [-0.2, 0) is 5.41 Å². The smallest absolute Gasteiger partial charge is 0.0713 e. The molecule has 0 bridgehead atoms. The second kappa shape index (κ2) is 17.6. The lowest BCUT2D eigenvalue weighted by atomic mass is 9.67. The second-order valence-corrected chi connectivity index (χ2v) is 20.3. The fraction of sp³-hybridized carbons (Fsp3) is 0.0141. The van der Waals surface area contributed by atoms with E-state index in [0.717, 1.165) is 22.6 Å². The minimum absolute atomic E-state index is 0.462. The molecule has 14 rings (SSSR count). The molecule has 12 aromatic carbocycles. The number of thiophene rings is 1. The van der Waals surface area contributed by atoms with Gasteiger partial charge in [-0.3, -0.25) is 0 Å². The van der Waals surface area contributed by atoms with Crippen molar-refractivity contribution in [1.29, 1.82) is 0 Å². The van der Waals surface area contributed by atoms with Gasteiger partial charge in [-0.2, -0.15) is 0 Å². The molecule has 13 aromatic rings. The third-order valence-electron chi connectivity index (χ3n) is 15.2. The fourth-order valence-electron chi connectivity index (χ4n) is 11.8. The standard InChI is InChI=1S/C71H47NS/c1-3-21-56(22-4-1)71(57-23-5-2-6-24-57)67-30-11-9-27-63(67)64-42-36-53(46-68(64)71)48-32-38-58(39-33-48)72(59-40-34-49(35-41-59)54-37-43-66-65-28-10-12-31-69(65)73-70(66)47-54)60-25-14-19-52(45-60)51-18-13-20-55(44-51)62-29-15-17-50-16-7-8-26-61(50)62/h1-47H.